The third-order valence-electron chi connectivity index (χ3n) is 9.31. The minimum absolute atomic E-state index is 0.00865. The molecule has 5 aliphatic rings. The van der Waals surface area contributed by atoms with E-state index in [9.17, 15) is 9.59 Å². The van der Waals surface area contributed by atoms with E-state index in [1.54, 1.807) is 38.5 Å². The second-order valence-corrected chi connectivity index (χ2v) is 11.2. The number of fused-ring (bicyclic) bond motifs is 5. The fourth-order valence-electron chi connectivity index (χ4n) is 7.52. The van der Waals surface area contributed by atoms with E-state index in [0.717, 1.165) is 19.4 Å². The Hall–Kier alpha value is -3.14. The Kier molecular flexibility index (Phi) is 6.99. The van der Waals surface area contributed by atoms with E-state index in [-0.39, 0.29) is 36.0 Å². The molecule has 3 N–H and O–H groups in total. The van der Waals surface area contributed by atoms with Gasteiger partial charge in [0.1, 0.15) is 12.2 Å². The van der Waals surface area contributed by atoms with E-state index >= 15 is 0 Å². The van der Waals surface area contributed by atoms with Crippen LogP contribution in [0.15, 0.2) is 59.3 Å². The van der Waals surface area contributed by atoms with Crippen LogP contribution < -0.4 is 11.1 Å². The summed E-state index contributed by atoms with van der Waals surface area (Å²) >= 11 is 0. The molecule has 0 radical (unpaired) electrons. The number of nitrogen functional groups attached to an aromatic ring is 1. The number of methoxy groups -OCH3 is 3. The summed E-state index contributed by atoms with van der Waals surface area (Å²) in [6, 6.07) is 7.11. The van der Waals surface area contributed by atoms with E-state index < -0.39 is 24.1 Å². The molecule has 0 bridgehead atoms. The molecule has 2 fully saturated rings. The number of nitrogens with two attached hydrogens (primary N) is 1. The molecule has 0 spiro atoms. The van der Waals surface area contributed by atoms with E-state index in [0.29, 0.717) is 24.2 Å². The fraction of sp³-hybridized carbons (Fsp3) is 0.533. The van der Waals surface area contributed by atoms with Gasteiger partial charge in [-0.25, -0.2) is 4.79 Å². The summed E-state index contributed by atoms with van der Waals surface area (Å²) in [6.45, 7) is 1.48. The van der Waals surface area contributed by atoms with Crippen LogP contribution in [0.25, 0.3) is 0 Å². The molecule has 1 saturated heterocycles. The molecule has 2 aliphatic carbocycles. The Morgan fingerprint density at radius 1 is 1.05 bits per heavy atom. The molecule has 9 heteroatoms. The zero-order valence-corrected chi connectivity index (χ0v) is 22.7. The van der Waals surface area contributed by atoms with Gasteiger partial charge in [0.2, 0.25) is 0 Å². The number of esters is 2. The normalized spacial score (nSPS) is 35.1. The van der Waals surface area contributed by atoms with Crippen LogP contribution in [0.4, 0.5) is 5.69 Å². The van der Waals surface area contributed by atoms with Crippen molar-refractivity contribution in [3.05, 3.63) is 64.9 Å². The maximum Gasteiger partial charge on any atom is 0.338 e. The topological polar surface area (TPSA) is 112 Å². The quantitative estimate of drug-likeness (QED) is 0.434. The number of piperidine rings is 1. The van der Waals surface area contributed by atoms with E-state index in [1.807, 2.05) is 0 Å². The molecule has 8 atom stereocenters. The van der Waals surface area contributed by atoms with Crippen LogP contribution in [0.3, 0.4) is 0 Å². The van der Waals surface area contributed by atoms with Crippen molar-refractivity contribution in [1.29, 1.82) is 0 Å². The van der Waals surface area contributed by atoms with E-state index in [1.165, 1.54) is 24.0 Å². The summed E-state index contributed by atoms with van der Waals surface area (Å²) in [5.74, 6) is -1.17. The van der Waals surface area contributed by atoms with E-state index in [4.69, 9.17) is 24.7 Å². The van der Waals surface area contributed by atoms with Gasteiger partial charge >= 0.3 is 11.9 Å². The average molecular weight is 536 g/mol. The Labute approximate surface area is 229 Å². The lowest BCUT2D eigenvalue weighted by Gasteiger charge is -2.53. The first-order valence-electron chi connectivity index (χ1n) is 13.7. The number of allylic oxidation sites excluding steroid dienone is 2. The fourth-order valence-corrected chi connectivity index (χ4v) is 7.52. The van der Waals surface area contributed by atoms with Crippen molar-refractivity contribution in [3.8, 4) is 0 Å². The molecule has 3 heterocycles. The molecule has 6 rings (SSSR count). The summed E-state index contributed by atoms with van der Waals surface area (Å²) in [6.07, 6.45) is 7.75. The van der Waals surface area contributed by atoms with Crippen molar-refractivity contribution in [1.82, 2.24) is 10.2 Å². The number of rotatable bonds is 5. The van der Waals surface area contributed by atoms with Gasteiger partial charge in [0.25, 0.3) is 0 Å². The van der Waals surface area contributed by atoms with Crippen molar-refractivity contribution < 1.29 is 28.5 Å². The average Bonchev–Trinajstić information content (AvgIpc) is 3.35. The van der Waals surface area contributed by atoms with Gasteiger partial charge in [-0.2, -0.15) is 0 Å². The van der Waals surface area contributed by atoms with Crippen molar-refractivity contribution >= 4 is 17.6 Å². The van der Waals surface area contributed by atoms with Crippen LogP contribution in [-0.2, 0) is 23.7 Å². The lowest BCUT2D eigenvalue weighted by molar-refractivity contribution is -0.176. The zero-order valence-electron chi connectivity index (χ0n) is 22.7. The molecule has 0 amide bonds. The third kappa shape index (κ3) is 4.46. The number of hydrogen-bond donors (Lipinski definition) is 2. The molecule has 5 unspecified atom stereocenters. The van der Waals surface area contributed by atoms with Crippen LogP contribution >= 0.6 is 0 Å². The second-order valence-electron chi connectivity index (χ2n) is 11.2. The minimum Gasteiger partial charge on any atom is -0.469 e. The van der Waals surface area contributed by atoms with Crippen LogP contribution in [-0.4, -0.2) is 81.7 Å². The molecule has 39 heavy (non-hydrogen) atoms. The number of benzene rings is 1. The van der Waals surface area contributed by atoms with Gasteiger partial charge in [-0.3, -0.25) is 9.69 Å². The van der Waals surface area contributed by atoms with Gasteiger partial charge in [-0.05, 0) is 60.9 Å². The van der Waals surface area contributed by atoms with Crippen LogP contribution in [0.2, 0.25) is 0 Å². The van der Waals surface area contributed by atoms with Gasteiger partial charge in [-0.15, -0.1) is 0 Å². The number of hydrogen-bond acceptors (Lipinski definition) is 9. The number of nitrogens with zero attached hydrogens (tertiary/aromatic N) is 1. The summed E-state index contributed by atoms with van der Waals surface area (Å²) in [5.41, 5.74) is 10.6. The lowest BCUT2D eigenvalue weighted by Crippen LogP contribution is -2.62. The number of ether oxygens (including phenoxy) is 4. The Balaban J connectivity index is 1.30. The molecule has 0 aromatic heterocycles. The summed E-state index contributed by atoms with van der Waals surface area (Å²) < 4.78 is 23.2. The summed E-state index contributed by atoms with van der Waals surface area (Å²) in [7, 11) is 4.75. The standard InChI is InChI=1S/C30H37N3O6/c1-36-24-15-33-14-20-17(12-22(33)27-25(24)19-6-4-5-7-21(19)32-27)13-23(28(37-2)26(20)30(35)38-3)39-29(34)16-8-10-18(31)11-9-16/h4-6,8-11,17,20-24,26,28,32H,7,12-15,31H2,1-3H3/t17?,20?,21?,22?,23-,24?,26-,28+/m0/s1. The van der Waals surface area contributed by atoms with Crippen molar-refractivity contribution in [2.45, 2.75) is 49.7 Å². The first kappa shape index (κ1) is 26.1. The first-order chi connectivity index (χ1) is 18.9. The highest BCUT2D eigenvalue weighted by Gasteiger charge is 2.56. The minimum atomic E-state index is -0.602. The van der Waals surface area contributed by atoms with Crippen molar-refractivity contribution in [2.75, 3.05) is 40.2 Å². The molecular weight excluding hydrogens is 498 g/mol. The lowest BCUT2D eigenvalue weighted by atomic mass is 9.64. The SMILES string of the molecule is COC(=O)[C@H]1C2CN3CC(OC)C4=C(NC5CC=CC=C45)C3CC2C[C@H](OC(=O)c2ccc(N)cc2)[C@H]1OC. The largest absolute Gasteiger partial charge is 0.469 e. The zero-order chi connectivity index (χ0) is 27.3. The van der Waals surface area contributed by atoms with Crippen LogP contribution in [0.5, 0.6) is 0 Å². The first-order valence-corrected chi connectivity index (χ1v) is 13.7. The highest BCUT2D eigenvalue weighted by Crippen LogP contribution is 2.49. The monoisotopic (exact) mass is 535 g/mol. The maximum absolute atomic E-state index is 13.2. The molecule has 9 nitrogen and oxygen atoms in total. The molecule has 1 saturated carbocycles. The molecule has 3 aliphatic heterocycles. The molecule has 1 aromatic carbocycles. The highest BCUT2D eigenvalue weighted by molar-refractivity contribution is 5.90. The number of carbonyl (C=O) groups excluding carboxylic acids is 2. The Morgan fingerprint density at radius 3 is 2.56 bits per heavy atom. The van der Waals surface area contributed by atoms with Crippen LogP contribution in [0, 0.1) is 17.8 Å². The Morgan fingerprint density at radius 2 is 1.85 bits per heavy atom. The molecule has 208 valence electrons. The number of carbonyl (C=O) groups is 2. The van der Waals surface area contributed by atoms with Crippen LogP contribution in [0.1, 0.15) is 29.6 Å². The van der Waals surface area contributed by atoms with Gasteiger partial charge in [0.15, 0.2) is 0 Å². The van der Waals surface area contributed by atoms with Gasteiger partial charge in [0.05, 0.1) is 36.8 Å². The summed E-state index contributed by atoms with van der Waals surface area (Å²) in [5, 5.41) is 3.81. The summed E-state index contributed by atoms with van der Waals surface area (Å²) in [4.78, 5) is 28.8. The number of nitrogens with one attached hydrogen (secondary N) is 1. The number of anilines is 1. The van der Waals surface area contributed by atoms with Crippen molar-refractivity contribution in [3.63, 3.8) is 0 Å². The highest BCUT2D eigenvalue weighted by atomic mass is 16.6. The van der Waals surface area contributed by atoms with Gasteiger partial charge in [-0.1, -0.05) is 18.2 Å². The molecular formula is C30H37N3O6. The molecule has 1 aromatic rings. The van der Waals surface area contributed by atoms with Crippen molar-refractivity contribution in [2.24, 2.45) is 17.8 Å². The third-order valence-corrected chi connectivity index (χ3v) is 9.31. The maximum atomic E-state index is 13.2. The Bertz CT molecular complexity index is 1220. The van der Waals surface area contributed by atoms with E-state index in [2.05, 4.69) is 28.4 Å². The second kappa shape index (κ2) is 10.4. The predicted molar refractivity (Wildman–Crippen MR) is 145 cm³/mol. The van der Waals surface area contributed by atoms with Gasteiger partial charge in [0, 0.05) is 44.3 Å². The predicted octanol–water partition coefficient (Wildman–Crippen LogP) is 2.45. The van der Waals surface area contributed by atoms with Gasteiger partial charge < -0.3 is 30.0 Å². The smallest absolute Gasteiger partial charge is 0.338 e.